The first-order chi connectivity index (χ1) is 3.27. The zero-order chi connectivity index (χ0) is 5.70. The molecule has 2 heteroatoms. The molecule has 0 aromatic rings. The number of aliphatic hydroxyl groups excluding tert-OH is 1. The van der Waals surface area contributed by atoms with E-state index in [0.717, 1.165) is 0 Å². The first kappa shape index (κ1) is 6.99. The first-order valence-corrected chi connectivity index (χ1v) is 2.64. The summed E-state index contributed by atoms with van der Waals surface area (Å²) in [6.45, 7) is 1.72. The zero-order valence-corrected chi connectivity index (χ0v) is 5.02. The van der Waals surface area contributed by atoms with Gasteiger partial charge in [-0.2, -0.15) is 0 Å². The van der Waals surface area contributed by atoms with Gasteiger partial charge in [0.05, 0.1) is 6.10 Å². The zero-order valence-electron chi connectivity index (χ0n) is 4.26. The number of rotatable bonds is 2. The van der Waals surface area contributed by atoms with Crippen molar-refractivity contribution in [3.8, 4) is 0 Å². The van der Waals surface area contributed by atoms with Crippen LogP contribution in [0.2, 0.25) is 0 Å². The van der Waals surface area contributed by atoms with Gasteiger partial charge in [-0.05, 0) is 13.3 Å². The van der Waals surface area contributed by atoms with Crippen LogP contribution in [0.4, 0.5) is 0 Å². The molecule has 42 valence electrons. The van der Waals surface area contributed by atoms with Crippen LogP contribution in [0.1, 0.15) is 13.3 Å². The first-order valence-electron chi connectivity index (χ1n) is 2.20. The van der Waals surface area contributed by atoms with Crippen molar-refractivity contribution in [2.24, 2.45) is 0 Å². The molecule has 0 aliphatic heterocycles. The van der Waals surface area contributed by atoms with Crippen LogP contribution >= 0.6 is 11.6 Å². The summed E-state index contributed by atoms with van der Waals surface area (Å²) in [4.78, 5) is 0. The van der Waals surface area contributed by atoms with E-state index in [1.54, 1.807) is 13.0 Å². The largest absolute Gasteiger partial charge is 0.393 e. The molecule has 0 radical (unpaired) electrons. The van der Waals surface area contributed by atoms with Crippen molar-refractivity contribution in [1.29, 1.82) is 0 Å². The third-order valence-corrected chi connectivity index (χ3v) is 0.744. The van der Waals surface area contributed by atoms with Crippen molar-refractivity contribution in [1.82, 2.24) is 0 Å². The molecule has 7 heavy (non-hydrogen) atoms. The van der Waals surface area contributed by atoms with E-state index in [0.29, 0.717) is 6.42 Å². The highest BCUT2D eigenvalue weighted by atomic mass is 35.5. The summed E-state index contributed by atoms with van der Waals surface area (Å²) in [5.74, 6) is 0. The standard InChI is InChI=1S/C5H9ClO/c1-5(7)3-2-4-6/h2,4-5,7H,3H2,1H3/b4-2+/t5-/m1/s1. The lowest BCUT2D eigenvalue weighted by atomic mass is 10.3. The molecule has 0 saturated heterocycles. The predicted octanol–water partition coefficient (Wildman–Crippen LogP) is 1.51. The van der Waals surface area contributed by atoms with Gasteiger partial charge in [0.15, 0.2) is 0 Å². The van der Waals surface area contributed by atoms with Gasteiger partial charge in [-0.25, -0.2) is 0 Å². The fourth-order valence-electron chi connectivity index (χ4n) is 0.248. The van der Waals surface area contributed by atoms with E-state index >= 15 is 0 Å². The summed E-state index contributed by atoms with van der Waals surface area (Å²) < 4.78 is 0. The van der Waals surface area contributed by atoms with Crippen LogP contribution in [0, 0.1) is 0 Å². The van der Waals surface area contributed by atoms with Crippen molar-refractivity contribution in [2.45, 2.75) is 19.4 Å². The Balaban J connectivity index is 2.97. The molecule has 0 saturated carbocycles. The molecule has 0 aromatic heterocycles. The molecule has 0 fully saturated rings. The third kappa shape index (κ3) is 5.99. The van der Waals surface area contributed by atoms with Crippen molar-refractivity contribution in [2.75, 3.05) is 0 Å². The highest BCUT2D eigenvalue weighted by Gasteiger charge is 1.85. The average Bonchev–Trinajstić information content (AvgIpc) is 1.61. The Morgan fingerprint density at radius 2 is 2.43 bits per heavy atom. The Morgan fingerprint density at radius 3 is 2.57 bits per heavy atom. The second kappa shape index (κ2) is 4.16. The number of hydrogen-bond donors (Lipinski definition) is 1. The fourth-order valence-corrected chi connectivity index (χ4v) is 0.351. The van der Waals surface area contributed by atoms with E-state index in [-0.39, 0.29) is 6.10 Å². The minimum atomic E-state index is -0.269. The number of hydrogen-bond acceptors (Lipinski definition) is 1. The molecule has 1 N–H and O–H groups in total. The molecular weight excluding hydrogens is 112 g/mol. The van der Waals surface area contributed by atoms with Gasteiger partial charge in [0.1, 0.15) is 0 Å². The van der Waals surface area contributed by atoms with Gasteiger partial charge in [0, 0.05) is 5.54 Å². The molecule has 1 nitrogen and oxygen atoms in total. The van der Waals surface area contributed by atoms with Crippen LogP contribution in [0.15, 0.2) is 11.6 Å². The minimum absolute atomic E-state index is 0.269. The molecule has 0 rings (SSSR count). The lowest BCUT2D eigenvalue weighted by molar-refractivity contribution is 0.198. The molecule has 0 unspecified atom stereocenters. The van der Waals surface area contributed by atoms with Crippen molar-refractivity contribution in [3.63, 3.8) is 0 Å². The molecule has 0 amide bonds. The predicted molar refractivity (Wildman–Crippen MR) is 31.3 cm³/mol. The molecule has 0 aliphatic carbocycles. The van der Waals surface area contributed by atoms with Crippen LogP contribution in [0.25, 0.3) is 0 Å². The van der Waals surface area contributed by atoms with Gasteiger partial charge in [-0.1, -0.05) is 17.7 Å². The number of halogens is 1. The third-order valence-electron chi connectivity index (χ3n) is 0.566. The Kier molecular flexibility index (Phi) is 4.15. The van der Waals surface area contributed by atoms with Gasteiger partial charge in [0.25, 0.3) is 0 Å². The van der Waals surface area contributed by atoms with Gasteiger partial charge in [-0.3, -0.25) is 0 Å². The van der Waals surface area contributed by atoms with Gasteiger partial charge >= 0.3 is 0 Å². The summed E-state index contributed by atoms with van der Waals surface area (Å²) >= 11 is 5.15. The topological polar surface area (TPSA) is 20.2 Å². The van der Waals surface area contributed by atoms with E-state index < -0.39 is 0 Å². The Hall–Kier alpha value is -0.0100. The van der Waals surface area contributed by atoms with Crippen LogP contribution in [0.3, 0.4) is 0 Å². The summed E-state index contributed by atoms with van der Waals surface area (Å²) in [5.41, 5.74) is 1.41. The van der Waals surface area contributed by atoms with E-state index in [4.69, 9.17) is 16.7 Å². The molecule has 0 bridgehead atoms. The number of aliphatic hydroxyl groups is 1. The summed E-state index contributed by atoms with van der Waals surface area (Å²) in [6.07, 6.45) is 2.09. The smallest absolute Gasteiger partial charge is 0.0546 e. The maximum atomic E-state index is 8.57. The van der Waals surface area contributed by atoms with Crippen molar-refractivity contribution in [3.05, 3.63) is 11.6 Å². The second-order valence-corrected chi connectivity index (χ2v) is 1.70. The molecule has 0 aromatic carbocycles. The van der Waals surface area contributed by atoms with Gasteiger partial charge in [0.2, 0.25) is 0 Å². The van der Waals surface area contributed by atoms with E-state index in [9.17, 15) is 0 Å². The van der Waals surface area contributed by atoms with Crippen LogP contribution in [-0.4, -0.2) is 11.2 Å². The van der Waals surface area contributed by atoms with E-state index in [1.807, 2.05) is 0 Å². The SMILES string of the molecule is C[C@@H](O)C/C=C/Cl. The lowest BCUT2D eigenvalue weighted by Gasteiger charge is -1.93. The fraction of sp³-hybridized carbons (Fsp3) is 0.600. The van der Waals surface area contributed by atoms with Crippen LogP contribution in [0.5, 0.6) is 0 Å². The maximum Gasteiger partial charge on any atom is 0.0546 e. The van der Waals surface area contributed by atoms with Crippen LogP contribution in [-0.2, 0) is 0 Å². The summed E-state index contributed by atoms with van der Waals surface area (Å²) in [6, 6.07) is 0. The van der Waals surface area contributed by atoms with Crippen molar-refractivity contribution >= 4 is 11.6 Å². The van der Waals surface area contributed by atoms with Crippen LogP contribution < -0.4 is 0 Å². The quantitative estimate of drug-likeness (QED) is 0.586. The van der Waals surface area contributed by atoms with E-state index in [1.165, 1.54) is 5.54 Å². The molecule has 0 heterocycles. The van der Waals surface area contributed by atoms with Gasteiger partial charge in [-0.15, -0.1) is 0 Å². The highest BCUT2D eigenvalue weighted by Crippen LogP contribution is 1.90. The Labute approximate surface area is 48.6 Å². The lowest BCUT2D eigenvalue weighted by Crippen LogP contribution is -1.94. The Bertz CT molecular complexity index is 59.1. The minimum Gasteiger partial charge on any atom is -0.393 e. The monoisotopic (exact) mass is 120 g/mol. The molecular formula is C5H9ClO. The van der Waals surface area contributed by atoms with Crippen molar-refractivity contribution < 1.29 is 5.11 Å². The normalized spacial score (nSPS) is 15.3. The highest BCUT2D eigenvalue weighted by molar-refractivity contribution is 6.25. The maximum absolute atomic E-state index is 8.57. The average molecular weight is 121 g/mol. The Morgan fingerprint density at radius 1 is 1.86 bits per heavy atom. The second-order valence-electron chi connectivity index (χ2n) is 1.45. The summed E-state index contributed by atoms with van der Waals surface area (Å²) in [7, 11) is 0. The molecule has 0 spiro atoms. The summed E-state index contributed by atoms with van der Waals surface area (Å²) in [5, 5.41) is 8.57. The van der Waals surface area contributed by atoms with E-state index in [2.05, 4.69) is 0 Å². The molecule has 0 aliphatic rings. The molecule has 1 atom stereocenters. The van der Waals surface area contributed by atoms with Gasteiger partial charge < -0.3 is 5.11 Å².